The molecule has 3 rings (SSSR count). The summed E-state index contributed by atoms with van der Waals surface area (Å²) < 4.78 is 1.90. The van der Waals surface area contributed by atoms with E-state index in [2.05, 4.69) is 10.3 Å². The number of rotatable bonds is 2. The molecule has 0 saturated carbocycles. The van der Waals surface area contributed by atoms with Gasteiger partial charge in [0.05, 0.1) is 17.9 Å². The third-order valence-corrected chi connectivity index (χ3v) is 3.31. The summed E-state index contributed by atoms with van der Waals surface area (Å²) in [6, 6.07) is 9.89. The van der Waals surface area contributed by atoms with Crippen molar-refractivity contribution >= 4 is 12.0 Å². The molecule has 2 heterocycles. The Hall–Kier alpha value is -2.36. The first-order valence-corrected chi connectivity index (χ1v) is 6.27. The fourth-order valence-corrected chi connectivity index (χ4v) is 2.34. The summed E-state index contributed by atoms with van der Waals surface area (Å²) in [7, 11) is 1.93. The second-order valence-corrected chi connectivity index (χ2v) is 4.74. The maximum Gasteiger partial charge on any atom is 0.248 e. The Labute approximate surface area is 111 Å². The first kappa shape index (κ1) is 11.7. The summed E-state index contributed by atoms with van der Waals surface area (Å²) in [4.78, 5) is 16.3. The average Bonchev–Trinajstić information content (AvgIpc) is 2.99. The van der Waals surface area contributed by atoms with Crippen molar-refractivity contribution in [2.75, 3.05) is 6.54 Å². The summed E-state index contributed by atoms with van der Waals surface area (Å²) in [5.41, 5.74) is 2.75. The molecule has 1 atom stereocenters. The molecule has 1 aromatic heterocycles. The van der Waals surface area contributed by atoms with Gasteiger partial charge in [-0.2, -0.15) is 0 Å². The Balaban J connectivity index is 1.97. The van der Waals surface area contributed by atoms with Crippen molar-refractivity contribution in [2.45, 2.75) is 5.92 Å². The number of carbonyl (C=O) groups is 1. The summed E-state index contributed by atoms with van der Waals surface area (Å²) in [5, 5.41) is 2.89. The van der Waals surface area contributed by atoms with Crippen LogP contribution in [0, 0.1) is 0 Å². The quantitative estimate of drug-likeness (QED) is 0.828. The Morgan fingerprint density at radius 2 is 2.16 bits per heavy atom. The van der Waals surface area contributed by atoms with Crippen molar-refractivity contribution in [3.63, 3.8) is 0 Å². The van der Waals surface area contributed by atoms with Crippen molar-refractivity contribution in [3.05, 3.63) is 59.7 Å². The molecule has 4 heteroatoms. The molecule has 2 aromatic rings. The number of carbonyl (C=O) groups excluding carboxylic acids is 1. The molecule has 1 amide bonds. The van der Waals surface area contributed by atoms with Crippen molar-refractivity contribution in [1.29, 1.82) is 0 Å². The van der Waals surface area contributed by atoms with Crippen LogP contribution in [-0.4, -0.2) is 22.0 Å². The molecule has 0 spiro atoms. The molecular weight excluding hydrogens is 238 g/mol. The number of amides is 1. The van der Waals surface area contributed by atoms with Gasteiger partial charge < -0.3 is 9.88 Å². The zero-order valence-electron chi connectivity index (χ0n) is 10.7. The van der Waals surface area contributed by atoms with Gasteiger partial charge in [-0.25, -0.2) is 4.98 Å². The molecule has 0 aliphatic carbocycles. The minimum atomic E-state index is -0.000457. The first-order chi connectivity index (χ1) is 9.24. The molecule has 1 N–H and O–H groups in total. The maximum atomic E-state index is 12.0. The van der Waals surface area contributed by atoms with E-state index in [9.17, 15) is 4.79 Å². The van der Waals surface area contributed by atoms with Gasteiger partial charge in [0.1, 0.15) is 0 Å². The number of hydrogen-bond donors (Lipinski definition) is 1. The third kappa shape index (κ3) is 2.29. The molecule has 96 valence electrons. The SMILES string of the molecule is Cn1cnc([C@@H]2CNC(=O)/C2=C/c2ccccc2)c1. The molecule has 1 fully saturated rings. The van der Waals surface area contributed by atoms with E-state index in [1.807, 2.05) is 54.2 Å². The fraction of sp³-hybridized carbons (Fsp3) is 0.200. The highest BCUT2D eigenvalue weighted by atomic mass is 16.2. The normalized spacial score (nSPS) is 20.8. The lowest BCUT2D eigenvalue weighted by molar-refractivity contribution is -0.116. The van der Waals surface area contributed by atoms with E-state index in [1.165, 1.54) is 0 Å². The van der Waals surface area contributed by atoms with E-state index < -0.39 is 0 Å². The monoisotopic (exact) mass is 253 g/mol. The highest BCUT2D eigenvalue weighted by Gasteiger charge is 2.30. The van der Waals surface area contributed by atoms with Crippen LogP contribution in [0.1, 0.15) is 17.2 Å². The van der Waals surface area contributed by atoms with Gasteiger partial charge in [-0.1, -0.05) is 30.3 Å². The van der Waals surface area contributed by atoms with Crippen LogP contribution in [0.2, 0.25) is 0 Å². The molecule has 0 bridgehead atoms. The van der Waals surface area contributed by atoms with Gasteiger partial charge in [0.15, 0.2) is 0 Å². The smallest absolute Gasteiger partial charge is 0.248 e. The van der Waals surface area contributed by atoms with Gasteiger partial charge in [0, 0.05) is 25.4 Å². The van der Waals surface area contributed by atoms with E-state index in [4.69, 9.17) is 0 Å². The van der Waals surface area contributed by atoms with Crippen molar-refractivity contribution < 1.29 is 4.79 Å². The second-order valence-electron chi connectivity index (χ2n) is 4.74. The number of imidazole rings is 1. The fourth-order valence-electron chi connectivity index (χ4n) is 2.34. The highest BCUT2D eigenvalue weighted by Crippen LogP contribution is 2.28. The molecule has 1 saturated heterocycles. The van der Waals surface area contributed by atoms with Crippen LogP contribution in [0.4, 0.5) is 0 Å². The molecular formula is C15H15N3O. The second kappa shape index (κ2) is 4.72. The summed E-state index contributed by atoms with van der Waals surface area (Å²) >= 11 is 0. The first-order valence-electron chi connectivity index (χ1n) is 6.27. The minimum absolute atomic E-state index is 0.000457. The van der Waals surface area contributed by atoms with E-state index >= 15 is 0 Å². The third-order valence-electron chi connectivity index (χ3n) is 3.31. The zero-order chi connectivity index (χ0) is 13.2. The number of aromatic nitrogens is 2. The van der Waals surface area contributed by atoms with Gasteiger partial charge in [0.2, 0.25) is 5.91 Å². The predicted molar refractivity (Wildman–Crippen MR) is 73.4 cm³/mol. The number of hydrogen-bond acceptors (Lipinski definition) is 2. The van der Waals surface area contributed by atoms with Crippen LogP contribution < -0.4 is 5.32 Å². The summed E-state index contributed by atoms with van der Waals surface area (Å²) in [6.45, 7) is 0.620. The Morgan fingerprint density at radius 1 is 1.37 bits per heavy atom. The van der Waals surface area contributed by atoms with Crippen molar-refractivity contribution in [2.24, 2.45) is 7.05 Å². The van der Waals surface area contributed by atoms with Crippen LogP contribution in [0.5, 0.6) is 0 Å². The maximum absolute atomic E-state index is 12.0. The standard InChI is InChI=1S/C15H15N3O/c1-18-9-14(17-10-18)13-8-16-15(19)12(13)7-11-5-3-2-4-6-11/h2-7,9-10,13H,8H2,1H3,(H,16,19)/b12-7+/t13-/m1/s1. The van der Waals surface area contributed by atoms with Crippen molar-refractivity contribution in [3.8, 4) is 0 Å². The van der Waals surface area contributed by atoms with Crippen LogP contribution in [0.15, 0.2) is 48.4 Å². The van der Waals surface area contributed by atoms with Crippen LogP contribution in [0.25, 0.3) is 6.08 Å². The number of nitrogens with zero attached hydrogens (tertiary/aromatic N) is 2. The van der Waals surface area contributed by atoms with E-state index in [-0.39, 0.29) is 11.8 Å². The Bertz CT molecular complexity index is 628. The van der Waals surface area contributed by atoms with Gasteiger partial charge in [-0.05, 0) is 11.6 Å². The highest BCUT2D eigenvalue weighted by molar-refractivity contribution is 6.01. The van der Waals surface area contributed by atoms with Crippen LogP contribution in [0.3, 0.4) is 0 Å². The van der Waals surface area contributed by atoms with E-state index in [0.29, 0.717) is 6.54 Å². The van der Waals surface area contributed by atoms with Gasteiger partial charge in [0.25, 0.3) is 0 Å². The molecule has 1 aliphatic heterocycles. The Kier molecular flexibility index (Phi) is 2.91. The topological polar surface area (TPSA) is 46.9 Å². The van der Waals surface area contributed by atoms with Crippen molar-refractivity contribution in [1.82, 2.24) is 14.9 Å². The lowest BCUT2D eigenvalue weighted by Crippen LogP contribution is -2.14. The molecule has 4 nitrogen and oxygen atoms in total. The van der Waals surface area contributed by atoms with E-state index in [1.54, 1.807) is 6.33 Å². The predicted octanol–water partition coefficient (Wildman–Crippen LogP) is 1.72. The lowest BCUT2D eigenvalue weighted by Gasteiger charge is -2.06. The van der Waals surface area contributed by atoms with Gasteiger partial charge in [-0.15, -0.1) is 0 Å². The van der Waals surface area contributed by atoms with Gasteiger partial charge >= 0.3 is 0 Å². The average molecular weight is 253 g/mol. The molecule has 19 heavy (non-hydrogen) atoms. The van der Waals surface area contributed by atoms with Crippen LogP contribution >= 0.6 is 0 Å². The molecule has 1 aromatic carbocycles. The molecule has 0 radical (unpaired) electrons. The van der Waals surface area contributed by atoms with Gasteiger partial charge in [-0.3, -0.25) is 4.79 Å². The number of benzene rings is 1. The lowest BCUT2D eigenvalue weighted by atomic mass is 9.97. The number of nitrogens with one attached hydrogen (secondary N) is 1. The van der Waals surface area contributed by atoms with Crippen LogP contribution in [-0.2, 0) is 11.8 Å². The summed E-state index contributed by atoms with van der Waals surface area (Å²) in [6.07, 6.45) is 5.67. The zero-order valence-corrected chi connectivity index (χ0v) is 10.7. The Morgan fingerprint density at radius 3 is 2.84 bits per heavy atom. The molecule has 0 unspecified atom stereocenters. The minimum Gasteiger partial charge on any atom is -0.351 e. The number of aryl methyl sites for hydroxylation is 1. The van der Waals surface area contributed by atoms with E-state index in [0.717, 1.165) is 16.8 Å². The summed E-state index contributed by atoms with van der Waals surface area (Å²) in [5.74, 6) is 0.0356. The largest absolute Gasteiger partial charge is 0.351 e. The molecule has 1 aliphatic rings.